The predicted octanol–water partition coefficient (Wildman–Crippen LogP) is 0.345. The topological polar surface area (TPSA) is 99.4 Å². The molecule has 1 atom stereocenters. The third-order valence-electron chi connectivity index (χ3n) is 4.43. The van der Waals surface area contributed by atoms with E-state index < -0.39 is 23.1 Å². The number of hydrogen-bond donors (Lipinski definition) is 1. The normalized spacial score (nSPS) is 16.1. The van der Waals surface area contributed by atoms with E-state index in [0.29, 0.717) is 16.7 Å². The zero-order valence-corrected chi connectivity index (χ0v) is 14.0. The van der Waals surface area contributed by atoms with Crippen molar-refractivity contribution < 1.29 is 14.3 Å². The molecule has 130 valence electrons. The summed E-state index contributed by atoms with van der Waals surface area (Å²) in [6.07, 6.45) is 0.0814. The molecule has 0 bridgehead atoms. The molecule has 0 fully saturated rings. The number of esters is 1. The lowest BCUT2D eigenvalue weighted by molar-refractivity contribution is -0.116. The molecule has 1 N–H and O–H groups in total. The standard InChI is InChI=1S/C17H17N3O5/c1-19-14-13(15(22)20(2)17(19)24)11(8-12(21)18-14)9-4-6-10(7-5-9)16(23)25-3/h4-7,11H,8H2,1-3H3,(H,18,21)/t11-/m0/s1. The van der Waals surface area contributed by atoms with Crippen LogP contribution in [0.3, 0.4) is 0 Å². The van der Waals surface area contributed by atoms with E-state index in [0.717, 1.165) is 4.57 Å². The molecule has 0 unspecified atom stereocenters. The molecule has 0 spiro atoms. The first kappa shape index (κ1) is 16.7. The molecule has 8 heteroatoms. The first-order valence-corrected chi connectivity index (χ1v) is 7.63. The van der Waals surface area contributed by atoms with E-state index in [9.17, 15) is 19.2 Å². The molecule has 3 rings (SSSR count). The van der Waals surface area contributed by atoms with Gasteiger partial charge in [-0.1, -0.05) is 12.1 Å². The molecular formula is C17H17N3O5. The van der Waals surface area contributed by atoms with Crippen molar-refractivity contribution in [3.63, 3.8) is 0 Å². The lowest BCUT2D eigenvalue weighted by atomic mass is 9.86. The average Bonchev–Trinajstić information content (AvgIpc) is 2.63. The van der Waals surface area contributed by atoms with E-state index in [1.54, 1.807) is 24.3 Å². The van der Waals surface area contributed by atoms with Crippen LogP contribution in [-0.2, 0) is 23.6 Å². The largest absolute Gasteiger partial charge is 0.465 e. The second-order valence-electron chi connectivity index (χ2n) is 5.89. The van der Waals surface area contributed by atoms with Crippen LogP contribution in [-0.4, -0.2) is 28.1 Å². The summed E-state index contributed by atoms with van der Waals surface area (Å²) in [5.41, 5.74) is 0.487. The van der Waals surface area contributed by atoms with E-state index in [-0.39, 0.29) is 18.1 Å². The van der Waals surface area contributed by atoms with Crippen LogP contribution in [0.1, 0.15) is 33.8 Å². The highest BCUT2D eigenvalue weighted by Crippen LogP contribution is 2.34. The number of nitrogens with one attached hydrogen (secondary N) is 1. The third kappa shape index (κ3) is 2.65. The van der Waals surface area contributed by atoms with Gasteiger partial charge in [-0.2, -0.15) is 0 Å². The summed E-state index contributed by atoms with van der Waals surface area (Å²) < 4.78 is 6.94. The molecule has 8 nitrogen and oxygen atoms in total. The van der Waals surface area contributed by atoms with Gasteiger partial charge in [-0.25, -0.2) is 9.59 Å². The maximum Gasteiger partial charge on any atom is 0.337 e. The number of benzene rings is 1. The molecule has 0 aliphatic carbocycles. The fraction of sp³-hybridized carbons (Fsp3) is 0.294. The lowest BCUT2D eigenvalue weighted by Gasteiger charge is -2.27. The van der Waals surface area contributed by atoms with Crippen LogP contribution in [0.5, 0.6) is 0 Å². The molecule has 1 amide bonds. The molecule has 0 radical (unpaired) electrons. The van der Waals surface area contributed by atoms with Crippen molar-refractivity contribution in [2.45, 2.75) is 12.3 Å². The first-order valence-electron chi connectivity index (χ1n) is 7.63. The number of carbonyl (C=O) groups excluding carboxylic acids is 2. The van der Waals surface area contributed by atoms with Crippen LogP contribution >= 0.6 is 0 Å². The van der Waals surface area contributed by atoms with Crippen LogP contribution in [0.25, 0.3) is 0 Å². The fourth-order valence-electron chi connectivity index (χ4n) is 3.06. The minimum atomic E-state index is -0.509. The van der Waals surface area contributed by atoms with Gasteiger partial charge in [0.25, 0.3) is 5.56 Å². The maximum atomic E-state index is 12.6. The molecule has 25 heavy (non-hydrogen) atoms. The number of rotatable bonds is 2. The fourth-order valence-corrected chi connectivity index (χ4v) is 3.06. The molecule has 1 aromatic carbocycles. The highest BCUT2D eigenvalue weighted by atomic mass is 16.5. The van der Waals surface area contributed by atoms with E-state index in [2.05, 4.69) is 10.1 Å². The van der Waals surface area contributed by atoms with Gasteiger partial charge >= 0.3 is 11.7 Å². The molecule has 1 aromatic heterocycles. The number of aromatic nitrogens is 2. The highest BCUT2D eigenvalue weighted by Gasteiger charge is 2.32. The number of amides is 1. The number of hydrogen-bond acceptors (Lipinski definition) is 5. The van der Waals surface area contributed by atoms with E-state index in [1.807, 2.05) is 0 Å². The molecule has 2 aromatic rings. The van der Waals surface area contributed by atoms with Crippen LogP contribution in [0, 0.1) is 0 Å². The van der Waals surface area contributed by atoms with Crippen molar-refractivity contribution in [1.82, 2.24) is 9.13 Å². The van der Waals surface area contributed by atoms with E-state index in [4.69, 9.17) is 0 Å². The second kappa shape index (κ2) is 6.04. The summed E-state index contributed by atoms with van der Waals surface area (Å²) in [5, 5.41) is 2.61. The van der Waals surface area contributed by atoms with E-state index in [1.165, 1.54) is 25.8 Å². The summed E-state index contributed by atoms with van der Waals surface area (Å²) in [6, 6.07) is 6.54. The Bertz CT molecular complexity index is 985. The van der Waals surface area contributed by atoms with Crippen LogP contribution in [0.4, 0.5) is 5.82 Å². The summed E-state index contributed by atoms with van der Waals surface area (Å²) in [7, 11) is 4.20. The van der Waals surface area contributed by atoms with Crippen molar-refractivity contribution in [2.24, 2.45) is 14.1 Å². The number of ether oxygens (including phenoxy) is 1. The average molecular weight is 343 g/mol. The van der Waals surface area contributed by atoms with Gasteiger partial charge in [-0.05, 0) is 17.7 Å². The second-order valence-corrected chi connectivity index (χ2v) is 5.89. The summed E-state index contributed by atoms with van der Waals surface area (Å²) in [6.45, 7) is 0. The summed E-state index contributed by atoms with van der Waals surface area (Å²) in [5.74, 6) is -1.03. The zero-order chi connectivity index (χ0) is 18.3. The molecule has 0 saturated heterocycles. The number of fused-ring (bicyclic) bond motifs is 1. The van der Waals surface area contributed by atoms with Crippen LogP contribution in [0.15, 0.2) is 33.9 Å². The smallest absolute Gasteiger partial charge is 0.337 e. The monoisotopic (exact) mass is 343 g/mol. The minimum Gasteiger partial charge on any atom is -0.465 e. The zero-order valence-electron chi connectivity index (χ0n) is 14.0. The Kier molecular flexibility index (Phi) is 4.03. The molecule has 2 heterocycles. The van der Waals surface area contributed by atoms with E-state index >= 15 is 0 Å². The Morgan fingerprint density at radius 2 is 1.76 bits per heavy atom. The Morgan fingerprint density at radius 1 is 1.12 bits per heavy atom. The summed E-state index contributed by atoms with van der Waals surface area (Å²) in [4.78, 5) is 48.3. The quantitative estimate of drug-likeness (QED) is 0.793. The van der Waals surface area contributed by atoms with Crippen molar-refractivity contribution in [2.75, 3.05) is 12.4 Å². The highest BCUT2D eigenvalue weighted by molar-refractivity contribution is 5.94. The lowest BCUT2D eigenvalue weighted by Crippen LogP contribution is -2.44. The van der Waals surface area contributed by atoms with Crippen molar-refractivity contribution >= 4 is 17.7 Å². The van der Waals surface area contributed by atoms with Gasteiger partial charge in [0.2, 0.25) is 5.91 Å². The van der Waals surface area contributed by atoms with Gasteiger partial charge in [-0.3, -0.25) is 18.7 Å². The SMILES string of the molecule is COC(=O)c1ccc([C@@H]2CC(=O)Nc3c2c(=O)n(C)c(=O)n3C)cc1. The number of methoxy groups -OCH3 is 1. The summed E-state index contributed by atoms with van der Waals surface area (Å²) >= 11 is 0. The molecule has 0 saturated carbocycles. The number of carbonyl (C=O) groups is 2. The van der Waals surface area contributed by atoms with Gasteiger partial charge in [0.1, 0.15) is 5.82 Å². The van der Waals surface area contributed by atoms with Crippen LogP contribution in [0.2, 0.25) is 0 Å². The Labute approximate surface area is 142 Å². The molecular weight excluding hydrogens is 326 g/mol. The predicted molar refractivity (Wildman–Crippen MR) is 89.8 cm³/mol. The van der Waals surface area contributed by atoms with Gasteiger partial charge in [0.05, 0.1) is 18.2 Å². The Morgan fingerprint density at radius 3 is 2.36 bits per heavy atom. The number of nitrogens with zero attached hydrogens (tertiary/aromatic N) is 2. The Hall–Kier alpha value is -3.16. The third-order valence-corrected chi connectivity index (χ3v) is 4.43. The van der Waals surface area contributed by atoms with Crippen molar-refractivity contribution in [1.29, 1.82) is 0 Å². The van der Waals surface area contributed by atoms with Gasteiger partial charge in [0.15, 0.2) is 0 Å². The first-order chi connectivity index (χ1) is 11.8. The van der Waals surface area contributed by atoms with Gasteiger partial charge in [0, 0.05) is 26.4 Å². The van der Waals surface area contributed by atoms with Crippen molar-refractivity contribution in [3.8, 4) is 0 Å². The maximum absolute atomic E-state index is 12.6. The minimum absolute atomic E-state index is 0.0814. The Balaban J connectivity index is 2.17. The van der Waals surface area contributed by atoms with Crippen molar-refractivity contribution in [3.05, 3.63) is 61.8 Å². The molecule has 1 aliphatic heterocycles. The molecule has 1 aliphatic rings. The van der Waals surface area contributed by atoms with Crippen LogP contribution < -0.4 is 16.6 Å². The number of anilines is 1. The van der Waals surface area contributed by atoms with Gasteiger partial charge in [-0.15, -0.1) is 0 Å². The van der Waals surface area contributed by atoms with Gasteiger partial charge < -0.3 is 10.1 Å².